The molecule has 0 fully saturated rings. The van der Waals surface area contributed by atoms with Gasteiger partial charge in [0.05, 0.1) is 17.6 Å². The average Bonchev–Trinajstić information content (AvgIpc) is 2.23. The smallest absolute Gasteiger partial charge is 0.261 e. The second kappa shape index (κ2) is 4.75. The SMILES string of the molecule is CC(=O)c1ccc(C)n(CC(C)C#N)c1=O. The largest absolute Gasteiger partial charge is 0.311 e. The van der Waals surface area contributed by atoms with Crippen molar-refractivity contribution in [1.82, 2.24) is 4.57 Å². The molecule has 0 saturated carbocycles. The van der Waals surface area contributed by atoms with Crippen molar-refractivity contribution in [3.8, 4) is 6.07 Å². The molecule has 0 radical (unpaired) electrons. The van der Waals surface area contributed by atoms with Crippen LogP contribution in [0.4, 0.5) is 0 Å². The zero-order valence-corrected chi connectivity index (χ0v) is 9.65. The Balaban J connectivity index is 3.28. The summed E-state index contributed by atoms with van der Waals surface area (Å²) in [4.78, 5) is 23.1. The van der Waals surface area contributed by atoms with Gasteiger partial charge in [-0.25, -0.2) is 0 Å². The second-order valence-electron chi connectivity index (χ2n) is 3.89. The average molecular weight is 218 g/mol. The molecule has 0 N–H and O–H groups in total. The lowest BCUT2D eigenvalue weighted by Crippen LogP contribution is -2.28. The molecule has 1 aromatic heterocycles. The Kier molecular flexibility index (Phi) is 3.62. The summed E-state index contributed by atoms with van der Waals surface area (Å²) in [7, 11) is 0. The molecule has 0 aliphatic heterocycles. The molecular formula is C12H14N2O2. The Morgan fingerprint density at radius 2 is 2.19 bits per heavy atom. The number of aryl methyl sites for hydroxylation is 1. The summed E-state index contributed by atoms with van der Waals surface area (Å²) in [5.74, 6) is -0.498. The van der Waals surface area contributed by atoms with Crippen molar-refractivity contribution in [3.05, 3.63) is 33.7 Å². The first-order chi connectivity index (χ1) is 7.47. The van der Waals surface area contributed by atoms with Crippen LogP contribution in [0.1, 0.15) is 29.9 Å². The zero-order valence-electron chi connectivity index (χ0n) is 9.65. The number of pyridine rings is 1. The topological polar surface area (TPSA) is 62.9 Å². The normalized spacial score (nSPS) is 11.9. The molecular weight excluding hydrogens is 204 g/mol. The van der Waals surface area contributed by atoms with E-state index in [1.807, 2.05) is 0 Å². The first kappa shape index (κ1) is 12.2. The van der Waals surface area contributed by atoms with Crippen molar-refractivity contribution in [2.75, 3.05) is 0 Å². The van der Waals surface area contributed by atoms with Gasteiger partial charge in [0.15, 0.2) is 5.78 Å². The maximum atomic E-state index is 11.9. The van der Waals surface area contributed by atoms with Gasteiger partial charge in [0.1, 0.15) is 0 Å². The third-order valence-electron chi connectivity index (χ3n) is 2.45. The van der Waals surface area contributed by atoms with Gasteiger partial charge in [0, 0.05) is 12.2 Å². The number of aromatic nitrogens is 1. The first-order valence-corrected chi connectivity index (χ1v) is 5.08. The highest BCUT2D eigenvalue weighted by Crippen LogP contribution is 2.03. The van der Waals surface area contributed by atoms with Gasteiger partial charge in [-0.15, -0.1) is 0 Å². The van der Waals surface area contributed by atoms with Gasteiger partial charge in [0.2, 0.25) is 0 Å². The molecule has 1 rings (SSSR count). The van der Waals surface area contributed by atoms with Crippen LogP contribution in [-0.2, 0) is 6.54 Å². The van der Waals surface area contributed by atoms with Crippen LogP contribution >= 0.6 is 0 Å². The van der Waals surface area contributed by atoms with E-state index < -0.39 is 0 Å². The van der Waals surface area contributed by atoms with Crippen molar-refractivity contribution in [2.45, 2.75) is 27.3 Å². The Morgan fingerprint density at radius 3 is 2.69 bits per heavy atom. The molecule has 1 heterocycles. The van der Waals surface area contributed by atoms with Crippen molar-refractivity contribution >= 4 is 5.78 Å². The number of hydrogen-bond acceptors (Lipinski definition) is 3. The van der Waals surface area contributed by atoms with E-state index in [-0.39, 0.29) is 22.8 Å². The summed E-state index contributed by atoms with van der Waals surface area (Å²) in [5.41, 5.74) is 0.627. The number of carbonyl (C=O) groups is 1. The predicted octanol–water partition coefficient (Wildman–Crippen LogP) is 1.52. The van der Waals surface area contributed by atoms with Gasteiger partial charge in [-0.05, 0) is 32.9 Å². The Bertz CT molecular complexity index is 509. The van der Waals surface area contributed by atoms with Gasteiger partial charge < -0.3 is 4.57 Å². The maximum absolute atomic E-state index is 11.9. The maximum Gasteiger partial charge on any atom is 0.261 e. The molecule has 1 unspecified atom stereocenters. The third-order valence-corrected chi connectivity index (χ3v) is 2.45. The molecule has 16 heavy (non-hydrogen) atoms. The molecule has 84 valence electrons. The van der Waals surface area contributed by atoms with Crippen molar-refractivity contribution in [3.63, 3.8) is 0 Å². The fourth-order valence-corrected chi connectivity index (χ4v) is 1.48. The summed E-state index contributed by atoms with van der Waals surface area (Å²) in [6.45, 7) is 5.22. The van der Waals surface area contributed by atoms with Crippen LogP contribution in [0.5, 0.6) is 0 Å². The fraction of sp³-hybridized carbons (Fsp3) is 0.417. The molecule has 0 bridgehead atoms. The lowest BCUT2D eigenvalue weighted by Gasteiger charge is -2.11. The number of hydrogen-bond donors (Lipinski definition) is 0. The number of ketones is 1. The minimum absolute atomic E-state index is 0.177. The van der Waals surface area contributed by atoms with Crippen molar-refractivity contribution in [2.24, 2.45) is 5.92 Å². The summed E-state index contributed by atoms with van der Waals surface area (Å²) in [6.07, 6.45) is 0. The first-order valence-electron chi connectivity index (χ1n) is 5.08. The van der Waals surface area contributed by atoms with Crippen LogP contribution in [0, 0.1) is 24.2 Å². The summed E-state index contributed by atoms with van der Waals surface area (Å²) < 4.78 is 1.48. The number of Topliss-reactive ketones (excluding diaryl/α,β-unsaturated/α-hetero) is 1. The van der Waals surface area contributed by atoms with E-state index in [9.17, 15) is 9.59 Å². The Hall–Kier alpha value is -1.89. The third kappa shape index (κ3) is 2.37. The standard InChI is InChI=1S/C12H14N2O2/c1-8(6-13)7-14-9(2)4-5-11(10(3)15)12(14)16/h4-5,8H,7H2,1-3H3. The minimum atomic E-state index is -0.311. The molecule has 0 aliphatic rings. The van der Waals surface area contributed by atoms with Gasteiger partial charge in [0.25, 0.3) is 5.56 Å². The zero-order chi connectivity index (χ0) is 12.3. The highest BCUT2D eigenvalue weighted by molar-refractivity contribution is 5.93. The van der Waals surface area contributed by atoms with Crippen LogP contribution in [0.3, 0.4) is 0 Å². The molecule has 0 amide bonds. The van der Waals surface area contributed by atoms with E-state index in [2.05, 4.69) is 6.07 Å². The Labute approximate surface area is 94.1 Å². The number of nitriles is 1. The molecule has 4 heteroatoms. The van der Waals surface area contributed by atoms with Crippen LogP contribution in [-0.4, -0.2) is 10.4 Å². The molecule has 1 aromatic rings. The van der Waals surface area contributed by atoms with Crippen molar-refractivity contribution < 1.29 is 4.79 Å². The fourth-order valence-electron chi connectivity index (χ4n) is 1.48. The van der Waals surface area contributed by atoms with E-state index in [0.717, 1.165) is 5.69 Å². The van der Waals surface area contributed by atoms with Gasteiger partial charge in [-0.2, -0.15) is 5.26 Å². The van der Waals surface area contributed by atoms with E-state index in [4.69, 9.17) is 5.26 Å². The number of carbonyl (C=O) groups excluding carboxylic acids is 1. The lowest BCUT2D eigenvalue weighted by atomic mass is 10.1. The highest BCUT2D eigenvalue weighted by atomic mass is 16.1. The molecule has 0 aliphatic carbocycles. The van der Waals surface area contributed by atoms with E-state index in [0.29, 0.717) is 6.54 Å². The molecule has 0 aromatic carbocycles. The Morgan fingerprint density at radius 1 is 1.56 bits per heavy atom. The highest BCUT2D eigenvalue weighted by Gasteiger charge is 2.11. The number of nitrogens with zero attached hydrogens (tertiary/aromatic N) is 2. The molecule has 1 atom stereocenters. The summed E-state index contributed by atoms with van der Waals surface area (Å²) in [6, 6.07) is 5.33. The van der Waals surface area contributed by atoms with Crippen LogP contribution in [0.15, 0.2) is 16.9 Å². The molecule has 0 saturated heterocycles. The van der Waals surface area contributed by atoms with E-state index >= 15 is 0 Å². The van der Waals surface area contributed by atoms with E-state index in [1.54, 1.807) is 19.9 Å². The number of rotatable bonds is 3. The van der Waals surface area contributed by atoms with Crippen LogP contribution in [0.2, 0.25) is 0 Å². The quantitative estimate of drug-likeness (QED) is 0.722. The van der Waals surface area contributed by atoms with Crippen molar-refractivity contribution in [1.29, 1.82) is 5.26 Å². The second-order valence-corrected chi connectivity index (χ2v) is 3.89. The monoisotopic (exact) mass is 218 g/mol. The minimum Gasteiger partial charge on any atom is -0.311 e. The van der Waals surface area contributed by atoms with Crippen LogP contribution in [0.25, 0.3) is 0 Å². The van der Waals surface area contributed by atoms with E-state index in [1.165, 1.54) is 17.6 Å². The summed E-state index contributed by atoms with van der Waals surface area (Å²) >= 11 is 0. The summed E-state index contributed by atoms with van der Waals surface area (Å²) in [5, 5.41) is 8.72. The van der Waals surface area contributed by atoms with Gasteiger partial charge in [-0.3, -0.25) is 9.59 Å². The predicted molar refractivity (Wildman–Crippen MR) is 60.2 cm³/mol. The van der Waals surface area contributed by atoms with Crippen LogP contribution < -0.4 is 5.56 Å². The molecule has 0 spiro atoms. The lowest BCUT2D eigenvalue weighted by molar-refractivity contribution is 0.101. The molecule has 4 nitrogen and oxygen atoms in total. The van der Waals surface area contributed by atoms with Gasteiger partial charge >= 0.3 is 0 Å². The van der Waals surface area contributed by atoms with Gasteiger partial charge in [-0.1, -0.05) is 0 Å².